The van der Waals surface area contributed by atoms with Crippen LogP contribution in [-0.2, 0) is 0 Å². The van der Waals surface area contributed by atoms with E-state index >= 15 is 0 Å². The summed E-state index contributed by atoms with van der Waals surface area (Å²) in [6, 6.07) is 5.98. The summed E-state index contributed by atoms with van der Waals surface area (Å²) in [5, 5.41) is 0. The third kappa shape index (κ3) is 3.84. The molecule has 0 aromatic carbocycles. The van der Waals surface area contributed by atoms with E-state index in [0.29, 0.717) is 0 Å². The van der Waals surface area contributed by atoms with Gasteiger partial charge < -0.3 is 9.62 Å². The molecule has 19 heavy (non-hydrogen) atoms. The van der Waals surface area contributed by atoms with Crippen molar-refractivity contribution in [1.29, 1.82) is 0 Å². The van der Waals surface area contributed by atoms with Crippen molar-refractivity contribution in [3.63, 3.8) is 0 Å². The van der Waals surface area contributed by atoms with Crippen molar-refractivity contribution in [3.05, 3.63) is 40.8 Å². The molecule has 0 atom stereocenters. The molecule has 6 heteroatoms. The summed E-state index contributed by atoms with van der Waals surface area (Å²) in [5.41, 5.74) is 2.14. The summed E-state index contributed by atoms with van der Waals surface area (Å²) in [6.45, 7) is 2.04. The van der Waals surface area contributed by atoms with Crippen LogP contribution < -0.4 is 9.62 Å². The van der Waals surface area contributed by atoms with E-state index in [-0.39, 0.29) is 0 Å². The topological polar surface area (TPSA) is 41.1 Å². The summed E-state index contributed by atoms with van der Waals surface area (Å²) in [4.78, 5) is 11.7. The molecule has 0 saturated carbocycles. The maximum Gasteiger partial charge on any atom is 0.143 e. The molecule has 0 aliphatic heterocycles. The first kappa shape index (κ1) is 14.1. The normalized spacial score (nSPS) is 10.3. The van der Waals surface area contributed by atoms with E-state index in [1.54, 1.807) is 18.1 Å². The standard InChI is InChI=1S/C13H15BrN4S/c1-9-6-11(13(16-8-9)18(2)3)19-17-10-4-5-15-12(14)7-10/h4-8H,1-3H3,(H,15,17). The predicted octanol–water partition coefficient (Wildman–Crippen LogP) is 3.73. The lowest BCUT2D eigenvalue weighted by atomic mass is 10.3. The molecule has 0 amide bonds. The Bertz CT molecular complexity index is 574. The Balaban J connectivity index is 2.17. The van der Waals surface area contributed by atoms with Crippen LogP contribution in [0.4, 0.5) is 11.5 Å². The van der Waals surface area contributed by atoms with E-state index in [0.717, 1.165) is 26.6 Å². The smallest absolute Gasteiger partial charge is 0.143 e. The number of anilines is 2. The second-order valence-electron chi connectivity index (χ2n) is 4.30. The highest BCUT2D eigenvalue weighted by molar-refractivity contribution is 9.10. The van der Waals surface area contributed by atoms with Gasteiger partial charge in [-0.2, -0.15) is 0 Å². The molecule has 0 unspecified atom stereocenters. The second kappa shape index (κ2) is 6.25. The van der Waals surface area contributed by atoms with Crippen LogP contribution in [0.1, 0.15) is 5.56 Å². The van der Waals surface area contributed by atoms with E-state index in [4.69, 9.17) is 0 Å². The quantitative estimate of drug-likeness (QED) is 0.679. The van der Waals surface area contributed by atoms with Gasteiger partial charge in [0.15, 0.2) is 0 Å². The van der Waals surface area contributed by atoms with E-state index in [2.05, 4.69) is 36.7 Å². The Hall–Kier alpha value is -1.27. The molecule has 0 aliphatic carbocycles. The van der Waals surface area contributed by atoms with Gasteiger partial charge in [-0.1, -0.05) is 0 Å². The number of aromatic nitrogens is 2. The van der Waals surface area contributed by atoms with E-state index in [1.807, 2.05) is 44.2 Å². The lowest BCUT2D eigenvalue weighted by Gasteiger charge is -2.16. The van der Waals surface area contributed by atoms with Gasteiger partial charge in [0.25, 0.3) is 0 Å². The zero-order valence-corrected chi connectivity index (χ0v) is 13.4. The van der Waals surface area contributed by atoms with Crippen molar-refractivity contribution in [2.75, 3.05) is 23.7 Å². The number of hydrogen-bond donors (Lipinski definition) is 1. The fraction of sp³-hybridized carbons (Fsp3) is 0.231. The van der Waals surface area contributed by atoms with Crippen LogP contribution in [0.5, 0.6) is 0 Å². The Morgan fingerprint density at radius 2 is 2.05 bits per heavy atom. The van der Waals surface area contributed by atoms with Gasteiger partial charge in [-0.15, -0.1) is 0 Å². The molecule has 0 radical (unpaired) electrons. The number of pyridine rings is 2. The number of hydrogen-bond acceptors (Lipinski definition) is 5. The van der Waals surface area contributed by atoms with Crippen molar-refractivity contribution in [2.24, 2.45) is 0 Å². The first-order chi connectivity index (χ1) is 9.06. The average Bonchev–Trinajstić information content (AvgIpc) is 2.36. The third-order valence-corrected chi connectivity index (χ3v) is 3.69. The molecule has 4 nitrogen and oxygen atoms in total. The van der Waals surface area contributed by atoms with Gasteiger partial charge in [0.2, 0.25) is 0 Å². The molecule has 0 aliphatic rings. The van der Waals surface area contributed by atoms with Gasteiger partial charge in [-0.3, -0.25) is 0 Å². The molecule has 2 rings (SSSR count). The van der Waals surface area contributed by atoms with Gasteiger partial charge >= 0.3 is 0 Å². The van der Waals surface area contributed by atoms with Crippen LogP contribution >= 0.6 is 27.9 Å². The van der Waals surface area contributed by atoms with Gasteiger partial charge in [0, 0.05) is 32.2 Å². The number of aryl methyl sites for hydroxylation is 1. The van der Waals surface area contributed by atoms with Crippen LogP contribution in [0.3, 0.4) is 0 Å². The fourth-order valence-electron chi connectivity index (χ4n) is 1.53. The summed E-state index contributed by atoms with van der Waals surface area (Å²) in [6.07, 6.45) is 3.64. The zero-order valence-electron chi connectivity index (χ0n) is 11.0. The maximum atomic E-state index is 4.45. The van der Waals surface area contributed by atoms with E-state index in [1.165, 1.54) is 0 Å². The molecule has 0 saturated heterocycles. The molecule has 0 fully saturated rings. The monoisotopic (exact) mass is 338 g/mol. The first-order valence-corrected chi connectivity index (χ1v) is 7.35. The first-order valence-electron chi connectivity index (χ1n) is 5.74. The third-order valence-electron chi connectivity index (χ3n) is 2.40. The van der Waals surface area contributed by atoms with Crippen LogP contribution in [0.25, 0.3) is 0 Å². The summed E-state index contributed by atoms with van der Waals surface area (Å²) >= 11 is 4.91. The Morgan fingerprint density at radius 3 is 2.74 bits per heavy atom. The molecule has 2 aromatic rings. The van der Waals surface area contributed by atoms with Gasteiger partial charge in [-0.05, 0) is 58.6 Å². The SMILES string of the molecule is Cc1cnc(N(C)C)c(SNc2ccnc(Br)c2)c1. The number of nitrogens with zero attached hydrogens (tertiary/aromatic N) is 3. The Morgan fingerprint density at radius 1 is 1.26 bits per heavy atom. The fourth-order valence-corrected chi connectivity index (χ4v) is 2.82. The number of rotatable bonds is 4. The summed E-state index contributed by atoms with van der Waals surface area (Å²) < 4.78 is 4.12. The van der Waals surface area contributed by atoms with Gasteiger partial charge in [-0.25, -0.2) is 9.97 Å². The highest BCUT2D eigenvalue weighted by atomic mass is 79.9. The highest BCUT2D eigenvalue weighted by Gasteiger charge is 2.07. The lowest BCUT2D eigenvalue weighted by molar-refractivity contribution is 1.02. The molecule has 100 valence electrons. The average molecular weight is 339 g/mol. The van der Waals surface area contributed by atoms with Crippen molar-refractivity contribution in [2.45, 2.75) is 11.8 Å². The van der Waals surface area contributed by atoms with E-state index in [9.17, 15) is 0 Å². The Labute approximate surface area is 125 Å². The van der Waals surface area contributed by atoms with Crippen LogP contribution in [0.2, 0.25) is 0 Å². The van der Waals surface area contributed by atoms with Crippen molar-refractivity contribution >= 4 is 39.4 Å². The number of nitrogens with one attached hydrogen (secondary N) is 1. The summed E-state index contributed by atoms with van der Waals surface area (Å²) in [5.74, 6) is 0.955. The molecule has 1 N–H and O–H groups in total. The molecule has 0 spiro atoms. The van der Waals surface area contributed by atoms with Crippen LogP contribution in [0, 0.1) is 6.92 Å². The van der Waals surface area contributed by atoms with Gasteiger partial charge in [0.1, 0.15) is 10.4 Å². The molecular formula is C13H15BrN4S. The van der Waals surface area contributed by atoms with Crippen molar-refractivity contribution < 1.29 is 0 Å². The maximum absolute atomic E-state index is 4.45. The van der Waals surface area contributed by atoms with Crippen molar-refractivity contribution in [3.8, 4) is 0 Å². The molecular weight excluding hydrogens is 324 g/mol. The highest BCUT2D eigenvalue weighted by Crippen LogP contribution is 2.29. The van der Waals surface area contributed by atoms with E-state index < -0.39 is 0 Å². The second-order valence-corrected chi connectivity index (χ2v) is 5.96. The minimum atomic E-state index is 0.813. The lowest BCUT2D eigenvalue weighted by Crippen LogP contribution is -2.12. The van der Waals surface area contributed by atoms with Crippen molar-refractivity contribution in [1.82, 2.24) is 9.97 Å². The predicted molar refractivity (Wildman–Crippen MR) is 84.7 cm³/mol. The minimum Gasteiger partial charge on any atom is -0.362 e. The largest absolute Gasteiger partial charge is 0.362 e. The van der Waals surface area contributed by atoms with Crippen LogP contribution in [0.15, 0.2) is 40.1 Å². The van der Waals surface area contributed by atoms with Gasteiger partial charge in [0.05, 0.1) is 4.90 Å². The molecule has 2 aromatic heterocycles. The Kier molecular flexibility index (Phi) is 4.66. The minimum absolute atomic E-state index is 0.813. The molecule has 0 bridgehead atoms. The zero-order chi connectivity index (χ0) is 13.8. The summed E-state index contributed by atoms with van der Waals surface area (Å²) in [7, 11) is 3.98. The van der Waals surface area contributed by atoms with Crippen LogP contribution in [-0.4, -0.2) is 24.1 Å². The number of halogens is 1. The molecule has 2 heterocycles.